The van der Waals surface area contributed by atoms with Crippen LogP contribution in [0.2, 0.25) is 0 Å². The maximum Gasteiger partial charge on any atom is 0.204 e. The van der Waals surface area contributed by atoms with Crippen LogP contribution in [0.5, 0.6) is 34.5 Å². The van der Waals surface area contributed by atoms with Crippen molar-refractivity contribution in [3.05, 3.63) is 65.7 Å². The van der Waals surface area contributed by atoms with Crippen molar-refractivity contribution in [3.8, 4) is 34.5 Å². The van der Waals surface area contributed by atoms with Gasteiger partial charge >= 0.3 is 0 Å². The van der Waals surface area contributed by atoms with Crippen molar-refractivity contribution in [2.75, 3.05) is 41.7 Å². The molecule has 3 aromatic carbocycles. The van der Waals surface area contributed by atoms with Crippen LogP contribution < -0.4 is 33.7 Å². The van der Waals surface area contributed by atoms with Gasteiger partial charge in [0.25, 0.3) is 0 Å². The lowest BCUT2D eigenvalue weighted by atomic mass is 10.1. The molecule has 0 spiro atoms. The van der Waals surface area contributed by atoms with Gasteiger partial charge in [-0.2, -0.15) is 0 Å². The highest BCUT2D eigenvalue weighted by molar-refractivity contribution is 7.96. The maximum atomic E-state index is 14.8. The van der Waals surface area contributed by atoms with Crippen LogP contribution in [0.25, 0.3) is 0 Å². The van der Waals surface area contributed by atoms with Crippen LogP contribution in [-0.2, 0) is 0 Å². The summed E-state index contributed by atoms with van der Waals surface area (Å²) in [6.45, 7) is 5.44. The largest absolute Gasteiger partial charge is 0.496 e. The first kappa shape index (κ1) is 39.7. The Balaban J connectivity index is 2.09. The Labute approximate surface area is 294 Å². The number of unbranched alkanes of at least 4 members (excludes halogenated alkanes) is 10. The van der Waals surface area contributed by atoms with Crippen molar-refractivity contribution in [2.45, 2.75) is 90.9 Å². The van der Waals surface area contributed by atoms with Gasteiger partial charge in [0.1, 0.15) is 45.6 Å². The lowest BCUT2D eigenvalue weighted by molar-refractivity contribution is 0.104. The summed E-state index contributed by atoms with van der Waals surface area (Å²) in [5, 5.41) is 0.476. The molecule has 9 heteroatoms. The van der Waals surface area contributed by atoms with E-state index >= 15 is 0 Å². The Morgan fingerprint density at radius 2 is 0.918 bits per heavy atom. The van der Waals surface area contributed by atoms with E-state index in [0.29, 0.717) is 53.0 Å². The standard InChI is InChI=1S/C40H55O8P/c1-7-9-11-13-15-17-27-47-30-25-26-36(35(29-30)48-28-18-16-14-12-10-8-2)49(39(41)37-31(43-3)21-19-22-32(37)44-4)40(42)38-33(45-5)23-20-24-34(38)46-6/h19-26,29H,7-18,27-28H2,1-6H3. The topological polar surface area (TPSA) is 89.5 Å². The third-order valence-electron chi connectivity index (χ3n) is 8.38. The van der Waals surface area contributed by atoms with Crippen molar-refractivity contribution in [3.63, 3.8) is 0 Å². The molecule has 8 nitrogen and oxygen atoms in total. The van der Waals surface area contributed by atoms with Gasteiger partial charge in [-0.15, -0.1) is 0 Å². The smallest absolute Gasteiger partial charge is 0.204 e. The molecule has 0 aliphatic heterocycles. The van der Waals surface area contributed by atoms with Crippen molar-refractivity contribution in [1.82, 2.24) is 0 Å². The molecule has 3 aromatic rings. The number of carbonyl (C=O) groups is 2. The fourth-order valence-corrected chi connectivity index (χ4v) is 7.76. The molecule has 0 radical (unpaired) electrons. The van der Waals surface area contributed by atoms with Gasteiger partial charge in [0, 0.05) is 11.4 Å². The van der Waals surface area contributed by atoms with Gasteiger partial charge in [-0.25, -0.2) is 0 Å². The number of ether oxygens (including phenoxy) is 6. The summed E-state index contributed by atoms with van der Waals surface area (Å²) in [6.07, 6.45) is 13.6. The Morgan fingerprint density at radius 1 is 0.510 bits per heavy atom. The highest BCUT2D eigenvalue weighted by Gasteiger charge is 2.38. The maximum absolute atomic E-state index is 14.8. The number of carbonyl (C=O) groups excluding carboxylic acids is 2. The second-order valence-corrected chi connectivity index (χ2v) is 13.8. The number of rotatable bonds is 25. The zero-order chi connectivity index (χ0) is 35.4. The van der Waals surface area contributed by atoms with E-state index in [2.05, 4.69) is 13.8 Å². The molecule has 0 unspecified atom stereocenters. The average molecular weight is 695 g/mol. The molecule has 0 atom stereocenters. The Morgan fingerprint density at radius 3 is 1.35 bits per heavy atom. The molecule has 268 valence electrons. The van der Waals surface area contributed by atoms with E-state index < -0.39 is 19.0 Å². The predicted molar refractivity (Wildman–Crippen MR) is 198 cm³/mol. The van der Waals surface area contributed by atoms with Crippen molar-refractivity contribution in [1.29, 1.82) is 0 Å². The van der Waals surface area contributed by atoms with E-state index in [1.165, 1.54) is 73.4 Å². The van der Waals surface area contributed by atoms with E-state index in [9.17, 15) is 9.59 Å². The van der Waals surface area contributed by atoms with E-state index in [-0.39, 0.29) is 11.1 Å². The van der Waals surface area contributed by atoms with Crippen LogP contribution in [0.15, 0.2) is 54.6 Å². The third-order valence-corrected chi connectivity index (χ3v) is 10.5. The highest BCUT2D eigenvalue weighted by Crippen LogP contribution is 2.51. The zero-order valence-electron chi connectivity index (χ0n) is 30.3. The molecule has 0 saturated carbocycles. The van der Waals surface area contributed by atoms with Crippen LogP contribution >= 0.6 is 7.92 Å². The average Bonchev–Trinajstić information content (AvgIpc) is 3.13. The Hall–Kier alpha value is -3.77. The molecule has 3 rings (SSSR count). The monoisotopic (exact) mass is 694 g/mol. The molecule has 0 N–H and O–H groups in total. The first-order chi connectivity index (χ1) is 23.9. The summed E-state index contributed by atoms with van der Waals surface area (Å²) >= 11 is 0. The predicted octanol–water partition coefficient (Wildman–Crippen LogP) is 9.99. The summed E-state index contributed by atoms with van der Waals surface area (Å²) in [7, 11) is 3.67. The minimum Gasteiger partial charge on any atom is -0.496 e. The summed E-state index contributed by atoms with van der Waals surface area (Å²) < 4.78 is 35.1. The summed E-state index contributed by atoms with van der Waals surface area (Å²) in [5.41, 5.74) is -0.503. The van der Waals surface area contributed by atoms with E-state index in [0.717, 1.165) is 32.1 Å². The van der Waals surface area contributed by atoms with Crippen LogP contribution in [0.3, 0.4) is 0 Å². The minimum absolute atomic E-state index is 0.186. The number of benzene rings is 3. The van der Waals surface area contributed by atoms with E-state index in [1.807, 2.05) is 12.1 Å². The van der Waals surface area contributed by atoms with Crippen LogP contribution in [0.1, 0.15) is 112 Å². The molecule has 0 aromatic heterocycles. The molecular formula is C40H55O8P. The zero-order valence-corrected chi connectivity index (χ0v) is 31.2. The number of hydrogen-bond acceptors (Lipinski definition) is 8. The third kappa shape index (κ3) is 11.4. The van der Waals surface area contributed by atoms with Gasteiger partial charge in [-0.1, -0.05) is 90.2 Å². The Kier molecular flexibility index (Phi) is 17.8. The van der Waals surface area contributed by atoms with Crippen LogP contribution in [0, 0.1) is 0 Å². The molecule has 49 heavy (non-hydrogen) atoms. The molecule has 0 fully saturated rings. The fourth-order valence-electron chi connectivity index (χ4n) is 5.68. The molecule has 0 saturated heterocycles. The molecule has 0 aliphatic carbocycles. The van der Waals surface area contributed by atoms with Crippen molar-refractivity contribution < 1.29 is 38.0 Å². The van der Waals surface area contributed by atoms with E-state index in [4.69, 9.17) is 28.4 Å². The van der Waals surface area contributed by atoms with Gasteiger partial charge in [0.15, 0.2) is 0 Å². The minimum atomic E-state index is -2.29. The molecule has 0 heterocycles. The lowest BCUT2D eigenvalue weighted by Gasteiger charge is -2.23. The van der Waals surface area contributed by atoms with Gasteiger partial charge in [-0.3, -0.25) is 9.59 Å². The van der Waals surface area contributed by atoms with Crippen LogP contribution in [0.4, 0.5) is 0 Å². The summed E-state index contributed by atoms with van der Waals surface area (Å²) in [5.74, 6) is 2.32. The van der Waals surface area contributed by atoms with Gasteiger partial charge in [0.2, 0.25) is 11.0 Å². The van der Waals surface area contributed by atoms with Crippen molar-refractivity contribution >= 4 is 24.3 Å². The van der Waals surface area contributed by atoms with E-state index in [1.54, 1.807) is 42.5 Å². The highest BCUT2D eigenvalue weighted by atomic mass is 31.1. The first-order valence-electron chi connectivity index (χ1n) is 17.7. The van der Waals surface area contributed by atoms with Gasteiger partial charge in [-0.05, 0) is 49.2 Å². The molecule has 0 aliphatic rings. The first-order valence-corrected chi connectivity index (χ1v) is 19.0. The van der Waals surface area contributed by atoms with Crippen LogP contribution in [-0.4, -0.2) is 52.7 Å². The quantitative estimate of drug-likeness (QED) is 0.0640. The normalized spacial score (nSPS) is 10.9. The Bertz CT molecular complexity index is 1340. The fraction of sp³-hybridized carbons (Fsp3) is 0.500. The number of hydrogen-bond donors (Lipinski definition) is 0. The second-order valence-electron chi connectivity index (χ2n) is 11.9. The molecule has 0 amide bonds. The second kappa shape index (κ2) is 22.0. The van der Waals surface area contributed by atoms with Gasteiger partial charge < -0.3 is 28.4 Å². The summed E-state index contributed by atoms with van der Waals surface area (Å²) in [6, 6.07) is 15.7. The number of methoxy groups -OCH3 is 4. The molecular weight excluding hydrogens is 639 g/mol. The van der Waals surface area contributed by atoms with Gasteiger partial charge in [0.05, 0.1) is 49.6 Å². The van der Waals surface area contributed by atoms with Crippen molar-refractivity contribution in [2.24, 2.45) is 0 Å². The SMILES string of the molecule is CCCCCCCCOc1ccc(P(C(=O)c2c(OC)cccc2OC)C(=O)c2c(OC)cccc2OC)c(OCCCCCCCC)c1. The lowest BCUT2D eigenvalue weighted by Crippen LogP contribution is -2.21. The molecule has 0 bridgehead atoms. The summed E-state index contributed by atoms with van der Waals surface area (Å²) in [4.78, 5) is 29.7.